The van der Waals surface area contributed by atoms with Gasteiger partial charge in [-0.3, -0.25) is 14.7 Å². The van der Waals surface area contributed by atoms with Crippen molar-refractivity contribution in [1.82, 2.24) is 19.4 Å². The van der Waals surface area contributed by atoms with Crippen molar-refractivity contribution >= 4 is 17.2 Å². The van der Waals surface area contributed by atoms with E-state index in [0.29, 0.717) is 12.6 Å². The zero-order valence-electron chi connectivity index (χ0n) is 15.3. The lowest BCUT2D eigenvalue weighted by Crippen LogP contribution is -2.49. The summed E-state index contributed by atoms with van der Waals surface area (Å²) in [6.45, 7) is 5.57. The predicted octanol–water partition coefficient (Wildman–Crippen LogP) is 3.33. The van der Waals surface area contributed by atoms with Crippen LogP contribution in [0.3, 0.4) is 0 Å². The molecule has 0 radical (unpaired) electrons. The number of hydrogen-bond donors (Lipinski definition) is 0. The van der Waals surface area contributed by atoms with Crippen molar-refractivity contribution in [3.05, 3.63) is 76.0 Å². The Morgan fingerprint density at radius 3 is 2.78 bits per heavy atom. The predicted molar refractivity (Wildman–Crippen MR) is 106 cm³/mol. The number of pyridine rings is 1. The molecule has 2 aliphatic heterocycles. The fourth-order valence-electron chi connectivity index (χ4n) is 4.34. The minimum atomic E-state index is 0.112. The van der Waals surface area contributed by atoms with Crippen molar-refractivity contribution in [2.24, 2.45) is 0 Å². The van der Waals surface area contributed by atoms with Crippen LogP contribution in [0.2, 0.25) is 0 Å². The molecule has 2 aliphatic rings. The second kappa shape index (κ2) is 6.62. The van der Waals surface area contributed by atoms with Crippen molar-refractivity contribution in [3.63, 3.8) is 0 Å². The van der Waals surface area contributed by atoms with Gasteiger partial charge in [-0.15, -0.1) is 11.3 Å². The molecule has 6 heteroatoms. The molecule has 5 rings (SSSR count). The number of aromatic nitrogens is 2. The molecule has 0 bridgehead atoms. The highest BCUT2D eigenvalue weighted by molar-refractivity contribution is 7.10. The molecule has 1 fully saturated rings. The molecule has 0 N–H and O–H groups in total. The van der Waals surface area contributed by atoms with Crippen molar-refractivity contribution in [3.8, 4) is 0 Å². The normalized spacial score (nSPS) is 22.1. The van der Waals surface area contributed by atoms with Crippen LogP contribution in [-0.2, 0) is 13.1 Å². The SMILES string of the molecule is Cc1ccsc1CN1C[C@@H]2[C@H](C1)n1cccc1C(=O)N2Cc1ccccn1. The molecular weight excluding hydrogens is 356 g/mol. The molecular formula is C21H22N4OS. The number of likely N-dealkylation sites (tertiary alicyclic amines) is 1. The average Bonchev–Trinajstić information content (AvgIpc) is 3.40. The van der Waals surface area contributed by atoms with Gasteiger partial charge in [0.25, 0.3) is 5.91 Å². The maximum Gasteiger partial charge on any atom is 0.271 e. The van der Waals surface area contributed by atoms with Gasteiger partial charge >= 0.3 is 0 Å². The van der Waals surface area contributed by atoms with Crippen molar-refractivity contribution in [2.75, 3.05) is 13.1 Å². The molecule has 5 nitrogen and oxygen atoms in total. The van der Waals surface area contributed by atoms with Crippen molar-refractivity contribution in [1.29, 1.82) is 0 Å². The van der Waals surface area contributed by atoms with Crippen LogP contribution in [0.1, 0.15) is 32.7 Å². The fraction of sp³-hybridized carbons (Fsp3) is 0.333. The van der Waals surface area contributed by atoms with Gasteiger partial charge in [-0.1, -0.05) is 6.07 Å². The van der Waals surface area contributed by atoms with Gasteiger partial charge in [-0.25, -0.2) is 0 Å². The lowest BCUT2D eigenvalue weighted by atomic mass is 10.1. The number of hydrogen-bond acceptors (Lipinski definition) is 4. The molecule has 1 amide bonds. The second-order valence-electron chi connectivity index (χ2n) is 7.41. The summed E-state index contributed by atoms with van der Waals surface area (Å²) in [7, 11) is 0. The molecule has 2 atom stereocenters. The minimum absolute atomic E-state index is 0.112. The van der Waals surface area contributed by atoms with Gasteiger partial charge in [0, 0.05) is 36.9 Å². The lowest BCUT2D eigenvalue weighted by Gasteiger charge is -2.38. The van der Waals surface area contributed by atoms with Gasteiger partial charge in [0.2, 0.25) is 0 Å². The monoisotopic (exact) mass is 378 g/mol. The molecule has 0 saturated carbocycles. The Morgan fingerprint density at radius 1 is 1.11 bits per heavy atom. The Kier molecular flexibility index (Phi) is 4.10. The Morgan fingerprint density at radius 2 is 2.00 bits per heavy atom. The van der Waals surface area contributed by atoms with Gasteiger partial charge in [-0.05, 0) is 48.2 Å². The zero-order chi connectivity index (χ0) is 18.4. The number of fused-ring (bicyclic) bond motifs is 3. The Bertz CT molecular complexity index is 963. The van der Waals surface area contributed by atoms with E-state index in [1.54, 1.807) is 6.20 Å². The van der Waals surface area contributed by atoms with Crippen LogP contribution < -0.4 is 0 Å². The zero-order valence-corrected chi connectivity index (χ0v) is 16.1. The largest absolute Gasteiger partial charge is 0.337 e. The molecule has 0 aromatic carbocycles. The third kappa shape index (κ3) is 2.89. The number of carbonyl (C=O) groups is 1. The Labute approximate surface area is 162 Å². The molecule has 3 aromatic rings. The van der Waals surface area contributed by atoms with Crippen LogP contribution in [0.15, 0.2) is 54.2 Å². The summed E-state index contributed by atoms with van der Waals surface area (Å²) in [5.74, 6) is 0.112. The Balaban J connectivity index is 1.45. The number of nitrogens with zero attached hydrogens (tertiary/aromatic N) is 4. The first-order valence-electron chi connectivity index (χ1n) is 9.34. The van der Waals surface area contributed by atoms with Crippen LogP contribution in [-0.4, -0.2) is 44.4 Å². The maximum atomic E-state index is 13.2. The molecule has 0 aliphatic carbocycles. The number of rotatable bonds is 4. The van der Waals surface area contributed by atoms with E-state index in [1.807, 2.05) is 46.6 Å². The summed E-state index contributed by atoms with van der Waals surface area (Å²) < 4.78 is 2.18. The second-order valence-corrected chi connectivity index (χ2v) is 8.41. The highest BCUT2D eigenvalue weighted by Gasteiger charge is 2.45. The van der Waals surface area contributed by atoms with Gasteiger partial charge < -0.3 is 9.47 Å². The molecule has 27 heavy (non-hydrogen) atoms. The molecule has 0 spiro atoms. The minimum Gasteiger partial charge on any atom is -0.337 e. The van der Waals surface area contributed by atoms with E-state index in [1.165, 1.54) is 10.4 Å². The number of amides is 1. The lowest BCUT2D eigenvalue weighted by molar-refractivity contribution is 0.0553. The van der Waals surface area contributed by atoms with Gasteiger partial charge in [0.05, 0.1) is 24.3 Å². The van der Waals surface area contributed by atoms with E-state index in [2.05, 4.69) is 39.0 Å². The van der Waals surface area contributed by atoms with Crippen molar-refractivity contribution < 1.29 is 4.79 Å². The van der Waals surface area contributed by atoms with Crippen LogP contribution >= 0.6 is 11.3 Å². The van der Waals surface area contributed by atoms with E-state index in [-0.39, 0.29) is 11.9 Å². The van der Waals surface area contributed by atoms with Crippen LogP contribution in [0.4, 0.5) is 0 Å². The third-order valence-electron chi connectivity index (χ3n) is 5.75. The fourth-order valence-corrected chi connectivity index (χ4v) is 5.29. The van der Waals surface area contributed by atoms with E-state index < -0.39 is 0 Å². The quantitative estimate of drug-likeness (QED) is 0.699. The number of thiophene rings is 1. The summed E-state index contributed by atoms with van der Waals surface area (Å²) in [6, 6.07) is 12.5. The molecule has 138 valence electrons. The van der Waals surface area contributed by atoms with E-state index >= 15 is 0 Å². The number of carbonyl (C=O) groups excluding carboxylic acids is 1. The van der Waals surface area contributed by atoms with E-state index in [9.17, 15) is 4.79 Å². The van der Waals surface area contributed by atoms with Crippen LogP contribution in [0.5, 0.6) is 0 Å². The first-order chi connectivity index (χ1) is 13.2. The molecule has 3 aromatic heterocycles. The first kappa shape index (κ1) is 16.7. The van der Waals surface area contributed by atoms with E-state index in [4.69, 9.17) is 0 Å². The summed E-state index contributed by atoms with van der Waals surface area (Å²) in [6.07, 6.45) is 3.85. The van der Waals surface area contributed by atoms with Gasteiger partial charge in [0.1, 0.15) is 5.69 Å². The standard InChI is InChI=1S/C21H22N4OS/c1-15-7-10-27-20(15)14-23-12-18-19(13-23)25(11-16-5-2-3-8-22-16)21(26)17-6-4-9-24(17)18/h2-10,18-19H,11-14H2,1H3/t18-,19+/m0/s1. The molecule has 1 saturated heterocycles. The maximum absolute atomic E-state index is 13.2. The summed E-state index contributed by atoms with van der Waals surface area (Å²) in [5.41, 5.74) is 3.09. The molecule has 0 unspecified atom stereocenters. The highest BCUT2D eigenvalue weighted by atomic mass is 32.1. The third-order valence-corrected chi connectivity index (χ3v) is 6.75. The number of aryl methyl sites for hydroxylation is 1. The highest BCUT2D eigenvalue weighted by Crippen LogP contribution is 2.35. The molecule has 5 heterocycles. The van der Waals surface area contributed by atoms with E-state index in [0.717, 1.165) is 31.0 Å². The first-order valence-corrected chi connectivity index (χ1v) is 10.2. The average molecular weight is 379 g/mol. The summed E-state index contributed by atoms with van der Waals surface area (Å²) in [5, 5.41) is 2.16. The van der Waals surface area contributed by atoms with Crippen molar-refractivity contribution in [2.45, 2.75) is 32.1 Å². The van der Waals surface area contributed by atoms with Crippen LogP contribution in [0, 0.1) is 6.92 Å². The topological polar surface area (TPSA) is 41.4 Å². The smallest absolute Gasteiger partial charge is 0.271 e. The van der Waals surface area contributed by atoms with Gasteiger partial charge in [-0.2, -0.15) is 0 Å². The Hall–Kier alpha value is -2.44. The van der Waals surface area contributed by atoms with Gasteiger partial charge in [0.15, 0.2) is 0 Å². The summed E-state index contributed by atoms with van der Waals surface area (Å²) >= 11 is 1.82. The van der Waals surface area contributed by atoms with Crippen LogP contribution in [0.25, 0.3) is 0 Å². The summed E-state index contributed by atoms with van der Waals surface area (Å²) in [4.78, 5) is 23.5.